The van der Waals surface area contributed by atoms with Gasteiger partial charge >= 0.3 is 13.8 Å². The number of ether oxygens (including phenoxy) is 2. The first kappa shape index (κ1) is 50.1. The Morgan fingerprint density at radius 1 is 0.585 bits per heavy atom. The number of allylic oxidation sites excluding steroid dienone is 2. The van der Waals surface area contributed by atoms with Crippen molar-refractivity contribution in [1.82, 2.24) is 0 Å². The number of aliphatic hydroxyl groups is 5. The number of esters is 1. The van der Waals surface area contributed by atoms with E-state index in [0.29, 0.717) is 13.0 Å². The minimum atomic E-state index is -5.01. The van der Waals surface area contributed by atoms with Crippen molar-refractivity contribution in [3.05, 3.63) is 12.2 Å². The van der Waals surface area contributed by atoms with E-state index in [9.17, 15) is 39.8 Å². The lowest BCUT2D eigenvalue weighted by molar-refractivity contribution is -0.220. The van der Waals surface area contributed by atoms with Crippen LogP contribution < -0.4 is 0 Å². The predicted molar refractivity (Wildman–Crippen MR) is 207 cm³/mol. The molecule has 314 valence electrons. The molecule has 0 saturated heterocycles. The first-order valence-electron chi connectivity index (χ1n) is 21.0. The first-order chi connectivity index (χ1) is 25.5. The summed E-state index contributed by atoms with van der Waals surface area (Å²) in [5.74, 6) is -0.485. The van der Waals surface area contributed by atoms with Crippen LogP contribution in [0.5, 0.6) is 0 Å². The molecule has 1 aliphatic rings. The summed E-state index contributed by atoms with van der Waals surface area (Å²) in [7, 11) is -5.01. The summed E-state index contributed by atoms with van der Waals surface area (Å²) in [6.45, 7) is 4.22. The highest BCUT2D eigenvalue weighted by molar-refractivity contribution is 7.47. The van der Waals surface area contributed by atoms with Crippen LogP contribution in [-0.2, 0) is 27.9 Å². The largest absolute Gasteiger partial charge is 0.472 e. The second-order valence-corrected chi connectivity index (χ2v) is 16.3. The topological polar surface area (TPSA) is 192 Å². The van der Waals surface area contributed by atoms with Crippen LogP contribution in [0.4, 0.5) is 0 Å². The Balaban J connectivity index is 2.44. The number of carbonyl (C=O) groups excluding carboxylic acids is 1. The maximum Gasteiger partial charge on any atom is 0.472 e. The smallest absolute Gasteiger partial charge is 0.457 e. The Labute approximate surface area is 320 Å². The summed E-state index contributed by atoms with van der Waals surface area (Å²) >= 11 is 0. The molecule has 0 spiro atoms. The van der Waals surface area contributed by atoms with Crippen molar-refractivity contribution >= 4 is 13.8 Å². The summed E-state index contributed by atoms with van der Waals surface area (Å²) in [6, 6.07) is 0. The highest BCUT2D eigenvalue weighted by Gasteiger charge is 2.51. The highest BCUT2D eigenvalue weighted by atomic mass is 31.2. The number of carbonyl (C=O) groups is 1. The fourth-order valence-corrected chi connectivity index (χ4v) is 7.44. The maximum absolute atomic E-state index is 12.8. The molecule has 0 heterocycles. The lowest BCUT2D eigenvalue weighted by Crippen LogP contribution is -2.64. The molecule has 0 radical (unpaired) electrons. The zero-order valence-electron chi connectivity index (χ0n) is 33.1. The van der Waals surface area contributed by atoms with Gasteiger partial charge in [-0.05, 0) is 38.5 Å². The van der Waals surface area contributed by atoms with E-state index in [1.807, 2.05) is 0 Å². The van der Waals surface area contributed by atoms with Gasteiger partial charge in [-0.15, -0.1) is 0 Å². The molecule has 1 aliphatic carbocycles. The molecule has 1 fully saturated rings. The molecule has 53 heavy (non-hydrogen) atoms. The van der Waals surface area contributed by atoms with Crippen LogP contribution in [-0.4, -0.2) is 98.9 Å². The Morgan fingerprint density at radius 2 is 1.00 bits per heavy atom. The number of aliphatic hydroxyl groups excluding tert-OH is 5. The highest BCUT2D eigenvalue weighted by Crippen LogP contribution is 2.47. The van der Waals surface area contributed by atoms with Crippen molar-refractivity contribution in [2.45, 2.75) is 217 Å². The number of unbranched alkanes of at least 4 members (excludes halogenated alkanes) is 21. The third kappa shape index (κ3) is 25.1. The molecule has 6 unspecified atom stereocenters. The van der Waals surface area contributed by atoms with Gasteiger partial charge in [-0.1, -0.05) is 142 Å². The minimum Gasteiger partial charge on any atom is -0.457 e. The average molecular weight is 781 g/mol. The van der Waals surface area contributed by atoms with E-state index in [2.05, 4.69) is 26.0 Å². The van der Waals surface area contributed by atoms with Gasteiger partial charge in [0.05, 0.1) is 13.2 Å². The standard InChI is InChI=1S/C40H77O12P/c1-3-5-7-9-11-13-15-17-18-20-22-24-26-28-30-49-31-33(51-34(41)29-27-25-23-21-19-16-14-12-10-8-6-4-2)32-50-53(47,48)52-40-38(45)36(43)35(42)37(44)39(40)46/h12,14,33,35-40,42-46H,3-11,13,15-32H2,1-2H3,(H,47,48)/b14-12-. The van der Waals surface area contributed by atoms with Crippen LogP contribution in [0.15, 0.2) is 12.2 Å². The van der Waals surface area contributed by atoms with E-state index >= 15 is 0 Å². The molecule has 0 aromatic carbocycles. The minimum absolute atomic E-state index is 0.0750. The predicted octanol–water partition coefficient (Wildman–Crippen LogP) is 7.58. The van der Waals surface area contributed by atoms with E-state index in [1.54, 1.807) is 0 Å². The number of rotatable bonds is 35. The number of phosphoric ester groups is 1. The molecule has 0 aromatic heterocycles. The Morgan fingerprint density at radius 3 is 1.53 bits per heavy atom. The third-order valence-corrected chi connectivity index (χ3v) is 10.9. The van der Waals surface area contributed by atoms with E-state index in [-0.39, 0.29) is 13.0 Å². The zero-order valence-corrected chi connectivity index (χ0v) is 34.0. The summed E-state index contributed by atoms with van der Waals surface area (Å²) in [5.41, 5.74) is 0. The Kier molecular flexibility index (Phi) is 30.4. The molecular formula is C40H77O12P. The van der Waals surface area contributed by atoms with Crippen molar-refractivity contribution in [2.24, 2.45) is 0 Å². The molecule has 12 nitrogen and oxygen atoms in total. The molecular weight excluding hydrogens is 703 g/mol. The molecule has 1 saturated carbocycles. The maximum atomic E-state index is 12.8. The second-order valence-electron chi connectivity index (χ2n) is 14.8. The van der Waals surface area contributed by atoms with Crippen LogP contribution in [0, 0.1) is 0 Å². The van der Waals surface area contributed by atoms with Crippen molar-refractivity contribution in [2.75, 3.05) is 19.8 Å². The van der Waals surface area contributed by atoms with Gasteiger partial charge in [0.25, 0.3) is 0 Å². The molecule has 6 N–H and O–H groups in total. The van der Waals surface area contributed by atoms with Crippen LogP contribution >= 0.6 is 7.82 Å². The third-order valence-electron chi connectivity index (χ3n) is 9.89. The monoisotopic (exact) mass is 781 g/mol. The van der Waals surface area contributed by atoms with Crippen molar-refractivity contribution in [3.63, 3.8) is 0 Å². The van der Waals surface area contributed by atoms with Crippen LogP contribution in [0.25, 0.3) is 0 Å². The molecule has 6 atom stereocenters. The van der Waals surface area contributed by atoms with Gasteiger partial charge in [0.15, 0.2) is 0 Å². The van der Waals surface area contributed by atoms with Gasteiger partial charge in [0.2, 0.25) is 0 Å². The fraction of sp³-hybridized carbons (Fsp3) is 0.925. The molecule has 0 aromatic rings. The molecule has 1 rings (SSSR count). The van der Waals surface area contributed by atoms with Gasteiger partial charge in [-0.2, -0.15) is 0 Å². The van der Waals surface area contributed by atoms with Gasteiger partial charge < -0.3 is 39.9 Å². The van der Waals surface area contributed by atoms with Crippen molar-refractivity contribution < 1.29 is 58.3 Å². The molecule has 0 amide bonds. The Bertz CT molecular complexity index is 937. The summed E-state index contributed by atoms with van der Waals surface area (Å²) < 4.78 is 34.0. The first-order valence-corrected chi connectivity index (χ1v) is 22.5. The average Bonchev–Trinajstić information content (AvgIpc) is 3.14. The SMILES string of the molecule is CCCCC/C=C\CCCCCCCC(=O)OC(COCCCCCCCCCCCCCCCC)COP(=O)(O)OC1C(O)C(O)C(O)C(O)C1O. The number of phosphoric acid groups is 1. The number of hydrogen-bond acceptors (Lipinski definition) is 11. The second kappa shape index (κ2) is 32.2. The summed E-state index contributed by atoms with van der Waals surface area (Å²) in [5, 5.41) is 50.0. The van der Waals surface area contributed by atoms with Gasteiger partial charge in [0.1, 0.15) is 42.7 Å². The van der Waals surface area contributed by atoms with Crippen molar-refractivity contribution in [3.8, 4) is 0 Å². The van der Waals surface area contributed by atoms with Crippen molar-refractivity contribution in [1.29, 1.82) is 0 Å². The lowest BCUT2D eigenvalue weighted by atomic mass is 9.85. The van der Waals surface area contributed by atoms with E-state index in [0.717, 1.165) is 57.8 Å². The van der Waals surface area contributed by atoms with E-state index in [1.165, 1.54) is 89.9 Å². The van der Waals surface area contributed by atoms with Crippen LogP contribution in [0.1, 0.15) is 174 Å². The Hall–Kier alpha value is -0.920. The fourth-order valence-electron chi connectivity index (χ4n) is 6.47. The molecule has 0 bridgehead atoms. The van der Waals surface area contributed by atoms with Gasteiger partial charge in [0, 0.05) is 13.0 Å². The van der Waals surface area contributed by atoms with Gasteiger partial charge in [-0.3, -0.25) is 13.8 Å². The quantitative estimate of drug-likeness (QED) is 0.0160. The normalized spacial score (nSPS) is 23.7. The lowest BCUT2D eigenvalue weighted by Gasteiger charge is -2.41. The zero-order chi connectivity index (χ0) is 39.2. The molecule has 0 aliphatic heterocycles. The van der Waals surface area contributed by atoms with Crippen LogP contribution in [0.3, 0.4) is 0 Å². The summed E-state index contributed by atoms with van der Waals surface area (Å²) in [4.78, 5) is 23.0. The van der Waals surface area contributed by atoms with E-state index < -0.39 is 63.1 Å². The van der Waals surface area contributed by atoms with E-state index in [4.69, 9.17) is 18.5 Å². The number of hydrogen-bond donors (Lipinski definition) is 6. The van der Waals surface area contributed by atoms with Crippen LogP contribution in [0.2, 0.25) is 0 Å². The van der Waals surface area contributed by atoms with Gasteiger partial charge in [-0.25, -0.2) is 4.57 Å². The molecule has 13 heteroatoms. The summed E-state index contributed by atoms with van der Waals surface area (Å²) in [6.07, 6.45) is 20.0.